The molecule has 0 radical (unpaired) electrons. The van der Waals surface area contributed by atoms with Crippen LogP contribution in [-0.2, 0) is 9.47 Å². The highest BCUT2D eigenvalue weighted by atomic mass is 16.6. The molecule has 92 valence electrons. The normalized spacial score (nSPS) is 23.5. The van der Waals surface area contributed by atoms with E-state index in [1.807, 2.05) is 12.1 Å². The lowest BCUT2D eigenvalue weighted by atomic mass is 10.2. The Morgan fingerprint density at radius 3 is 2.88 bits per heavy atom. The van der Waals surface area contributed by atoms with E-state index < -0.39 is 0 Å². The maximum Gasteiger partial charge on any atom is 0.121 e. The van der Waals surface area contributed by atoms with Crippen LogP contribution in [0.4, 0.5) is 5.69 Å². The monoisotopic (exact) mass is 235 g/mol. The maximum atomic E-state index is 5.68. The molecule has 0 N–H and O–H groups in total. The van der Waals surface area contributed by atoms with Gasteiger partial charge < -0.3 is 19.1 Å². The van der Waals surface area contributed by atoms with Crippen LogP contribution in [0.15, 0.2) is 24.3 Å². The second kappa shape index (κ2) is 4.94. The molecule has 1 aromatic rings. The minimum Gasteiger partial charge on any atom is -0.491 e. The van der Waals surface area contributed by atoms with Gasteiger partial charge in [0.2, 0.25) is 0 Å². The SMILES string of the molecule is c1cc(OC[C@@H]2CO2)cc(N2CCOCC2)c1. The van der Waals surface area contributed by atoms with Gasteiger partial charge in [0.15, 0.2) is 0 Å². The van der Waals surface area contributed by atoms with Gasteiger partial charge in [-0.25, -0.2) is 0 Å². The number of epoxide rings is 1. The highest BCUT2D eigenvalue weighted by molar-refractivity contribution is 5.51. The topological polar surface area (TPSA) is 34.2 Å². The predicted molar refractivity (Wildman–Crippen MR) is 64.7 cm³/mol. The minimum absolute atomic E-state index is 0.307. The lowest BCUT2D eigenvalue weighted by molar-refractivity contribution is 0.122. The standard InChI is InChI=1S/C13H17NO3/c1-2-11(14-4-6-15-7-5-14)8-12(3-1)16-9-13-10-17-13/h1-3,8,13H,4-7,9-10H2/t13-/m1/s1. The highest BCUT2D eigenvalue weighted by Crippen LogP contribution is 2.23. The zero-order valence-electron chi connectivity index (χ0n) is 9.80. The number of morpholine rings is 1. The predicted octanol–water partition coefficient (Wildman–Crippen LogP) is 1.30. The first-order valence-corrected chi connectivity index (χ1v) is 6.09. The van der Waals surface area contributed by atoms with Gasteiger partial charge in [-0.2, -0.15) is 0 Å². The van der Waals surface area contributed by atoms with Crippen molar-refractivity contribution in [2.45, 2.75) is 6.10 Å². The van der Waals surface area contributed by atoms with Gasteiger partial charge in [0.05, 0.1) is 19.8 Å². The number of hydrogen-bond acceptors (Lipinski definition) is 4. The molecule has 0 saturated carbocycles. The number of ether oxygens (including phenoxy) is 3. The van der Waals surface area contributed by atoms with Crippen LogP contribution < -0.4 is 9.64 Å². The van der Waals surface area contributed by atoms with Crippen LogP contribution in [0.2, 0.25) is 0 Å². The number of anilines is 1. The van der Waals surface area contributed by atoms with E-state index in [4.69, 9.17) is 14.2 Å². The molecule has 17 heavy (non-hydrogen) atoms. The van der Waals surface area contributed by atoms with Crippen LogP contribution >= 0.6 is 0 Å². The molecule has 2 aliphatic heterocycles. The third-order valence-electron chi connectivity index (χ3n) is 3.03. The van der Waals surface area contributed by atoms with Crippen LogP contribution in [0, 0.1) is 0 Å². The third kappa shape index (κ3) is 2.90. The Morgan fingerprint density at radius 2 is 2.12 bits per heavy atom. The Hall–Kier alpha value is -1.26. The van der Waals surface area contributed by atoms with E-state index in [-0.39, 0.29) is 0 Å². The summed E-state index contributed by atoms with van der Waals surface area (Å²) in [5.41, 5.74) is 1.21. The van der Waals surface area contributed by atoms with E-state index in [9.17, 15) is 0 Å². The van der Waals surface area contributed by atoms with Crippen LogP contribution in [0.3, 0.4) is 0 Å². The molecule has 4 heteroatoms. The Morgan fingerprint density at radius 1 is 1.29 bits per heavy atom. The van der Waals surface area contributed by atoms with Crippen molar-refractivity contribution in [2.75, 3.05) is 44.4 Å². The van der Waals surface area contributed by atoms with Crippen molar-refractivity contribution in [2.24, 2.45) is 0 Å². The molecule has 0 aromatic heterocycles. The van der Waals surface area contributed by atoms with Gasteiger partial charge >= 0.3 is 0 Å². The molecule has 0 spiro atoms. The van der Waals surface area contributed by atoms with Crippen molar-refractivity contribution >= 4 is 5.69 Å². The van der Waals surface area contributed by atoms with Gasteiger partial charge in [-0.05, 0) is 12.1 Å². The average molecular weight is 235 g/mol. The van der Waals surface area contributed by atoms with Crippen molar-refractivity contribution in [3.8, 4) is 5.75 Å². The molecule has 0 bridgehead atoms. The minimum atomic E-state index is 0.307. The summed E-state index contributed by atoms with van der Waals surface area (Å²) < 4.78 is 16.2. The van der Waals surface area contributed by atoms with Crippen LogP contribution in [0.1, 0.15) is 0 Å². The van der Waals surface area contributed by atoms with E-state index in [1.54, 1.807) is 0 Å². The van der Waals surface area contributed by atoms with E-state index in [2.05, 4.69) is 17.0 Å². The molecule has 3 rings (SSSR count). The van der Waals surface area contributed by atoms with Crippen LogP contribution in [0.5, 0.6) is 5.75 Å². The molecule has 0 unspecified atom stereocenters. The molecule has 2 aliphatic rings. The summed E-state index contributed by atoms with van der Waals surface area (Å²) in [7, 11) is 0. The first kappa shape index (κ1) is 10.9. The van der Waals surface area contributed by atoms with Crippen molar-refractivity contribution in [1.29, 1.82) is 0 Å². The van der Waals surface area contributed by atoms with Gasteiger partial charge in [-0.1, -0.05) is 6.07 Å². The number of rotatable bonds is 4. The Kier molecular flexibility index (Phi) is 3.16. The Bertz CT molecular complexity index is 373. The summed E-state index contributed by atoms with van der Waals surface area (Å²) in [5.74, 6) is 0.921. The van der Waals surface area contributed by atoms with Gasteiger partial charge in [-0.15, -0.1) is 0 Å². The van der Waals surface area contributed by atoms with Crippen LogP contribution in [-0.4, -0.2) is 45.6 Å². The second-order valence-corrected chi connectivity index (χ2v) is 4.36. The van der Waals surface area contributed by atoms with Crippen LogP contribution in [0.25, 0.3) is 0 Å². The van der Waals surface area contributed by atoms with Gasteiger partial charge in [0.25, 0.3) is 0 Å². The summed E-state index contributed by atoms with van der Waals surface area (Å²) in [6.45, 7) is 5.02. The second-order valence-electron chi connectivity index (χ2n) is 4.36. The molecule has 2 saturated heterocycles. The zero-order chi connectivity index (χ0) is 11.5. The summed E-state index contributed by atoms with van der Waals surface area (Å²) in [5, 5.41) is 0. The molecule has 2 heterocycles. The molecular formula is C13H17NO3. The fraction of sp³-hybridized carbons (Fsp3) is 0.538. The molecule has 0 aliphatic carbocycles. The lowest BCUT2D eigenvalue weighted by Gasteiger charge is -2.29. The van der Waals surface area contributed by atoms with Gasteiger partial charge in [0, 0.05) is 24.8 Å². The first-order chi connectivity index (χ1) is 8.42. The van der Waals surface area contributed by atoms with Crippen molar-refractivity contribution in [3.05, 3.63) is 24.3 Å². The molecule has 0 amide bonds. The summed E-state index contributed by atoms with van der Waals surface area (Å²) >= 11 is 0. The quantitative estimate of drug-likeness (QED) is 0.737. The maximum absolute atomic E-state index is 5.68. The molecule has 4 nitrogen and oxygen atoms in total. The van der Waals surface area contributed by atoms with Gasteiger partial charge in [0.1, 0.15) is 18.5 Å². The fourth-order valence-corrected chi connectivity index (χ4v) is 1.94. The summed E-state index contributed by atoms with van der Waals surface area (Å²) in [4.78, 5) is 2.32. The van der Waals surface area contributed by atoms with E-state index in [0.717, 1.165) is 38.7 Å². The smallest absolute Gasteiger partial charge is 0.121 e. The highest BCUT2D eigenvalue weighted by Gasteiger charge is 2.23. The summed E-state index contributed by atoms with van der Waals surface area (Å²) in [6.07, 6.45) is 0.307. The number of nitrogens with zero attached hydrogens (tertiary/aromatic N) is 1. The van der Waals surface area contributed by atoms with Crippen molar-refractivity contribution in [3.63, 3.8) is 0 Å². The molecule has 1 atom stereocenters. The average Bonchev–Trinajstić information content (AvgIpc) is 3.22. The fourth-order valence-electron chi connectivity index (χ4n) is 1.94. The molecular weight excluding hydrogens is 218 g/mol. The van der Waals surface area contributed by atoms with E-state index in [0.29, 0.717) is 12.7 Å². The summed E-state index contributed by atoms with van der Waals surface area (Å²) in [6, 6.07) is 8.24. The van der Waals surface area contributed by atoms with Crippen molar-refractivity contribution < 1.29 is 14.2 Å². The van der Waals surface area contributed by atoms with E-state index in [1.165, 1.54) is 5.69 Å². The molecule has 2 fully saturated rings. The van der Waals surface area contributed by atoms with Gasteiger partial charge in [-0.3, -0.25) is 0 Å². The largest absolute Gasteiger partial charge is 0.491 e. The van der Waals surface area contributed by atoms with E-state index >= 15 is 0 Å². The first-order valence-electron chi connectivity index (χ1n) is 6.09. The Balaban J connectivity index is 1.64. The lowest BCUT2D eigenvalue weighted by Crippen LogP contribution is -2.36. The number of benzene rings is 1. The Labute approximate surface area is 101 Å². The van der Waals surface area contributed by atoms with Crippen molar-refractivity contribution in [1.82, 2.24) is 0 Å². The molecule has 1 aromatic carbocycles. The zero-order valence-corrected chi connectivity index (χ0v) is 9.80. The third-order valence-corrected chi connectivity index (χ3v) is 3.03. The number of hydrogen-bond donors (Lipinski definition) is 0.